The van der Waals surface area contributed by atoms with Gasteiger partial charge in [-0.1, -0.05) is 372 Å². The Morgan fingerprint density at radius 1 is 0.270 bits per heavy atom. The van der Waals surface area contributed by atoms with Gasteiger partial charge in [-0.2, -0.15) is 0 Å². The number of halogens is 4. The average Bonchev–Trinajstić information content (AvgIpc) is 1.52. The van der Waals surface area contributed by atoms with Gasteiger partial charge in [-0.05, 0) is 175 Å². The van der Waals surface area contributed by atoms with Crippen LogP contribution in [-0.2, 0) is 0 Å². The first-order valence-corrected chi connectivity index (χ1v) is 47.2. The zero-order valence-corrected chi connectivity index (χ0v) is 85.8. The number of allylic oxidation sites excluding steroid dienone is 1. The van der Waals surface area contributed by atoms with E-state index in [1.54, 1.807) is 0 Å². The smallest absolute Gasteiger partial charge is 0.227 e. The summed E-state index contributed by atoms with van der Waals surface area (Å²) in [5.74, 6) is 11.3. The fraction of sp³-hybridized carbons (Fsp3) is 0.942. The Labute approximate surface area is 703 Å². The zero-order valence-electron chi connectivity index (χ0n) is 85.8. The molecule has 0 heterocycles. The maximum Gasteiger partial charge on any atom is 0.227 e. The molecule has 0 spiro atoms. The van der Waals surface area contributed by atoms with Gasteiger partial charge in [0.2, 0.25) is 24.2 Å². The monoisotopic (exact) mass is 1580 g/mol. The average molecular weight is 1580 g/mol. The van der Waals surface area contributed by atoms with Crippen molar-refractivity contribution in [2.75, 3.05) is 0 Å². The Bertz CT molecular complexity index is 1990. The number of rotatable bonds is 1. The van der Waals surface area contributed by atoms with Crippen molar-refractivity contribution >= 4 is 0 Å². The fourth-order valence-corrected chi connectivity index (χ4v) is 10.8. The van der Waals surface area contributed by atoms with Crippen molar-refractivity contribution in [3.8, 4) is 0 Å². The second-order valence-corrected chi connectivity index (χ2v) is 36.9. The Morgan fingerprint density at radius 3 is 0.505 bits per heavy atom. The Kier molecular flexibility index (Phi) is 92.3. The molecule has 12 fully saturated rings. The van der Waals surface area contributed by atoms with Crippen LogP contribution in [0.4, 0.5) is 17.6 Å². The maximum absolute atomic E-state index is 12.3. The van der Waals surface area contributed by atoms with Gasteiger partial charge in [-0.3, -0.25) is 0 Å². The van der Waals surface area contributed by atoms with Crippen LogP contribution in [0.25, 0.3) is 19.4 Å². The van der Waals surface area contributed by atoms with Gasteiger partial charge in [0.05, 0.1) is 0 Å². The van der Waals surface area contributed by atoms with E-state index >= 15 is 0 Å². The van der Waals surface area contributed by atoms with Gasteiger partial charge < -0.3 is 19.4 Å². The molecular weight excluding hydrogens is 1370 g/mol. The van der Waals surface area contributed by atoms with E-state index in [9.17, 15) is 17.6 Å². The van der Waals surface area contributed by atoms with Crippen molar-refractivity contribution < 1.29 is 17.6 Å². The summed E-state index contributed by atoms with van der Waals surface area (Å²) in [4.78, 5) is 13.5. The van der Waals surface area contributed by atoms with Gasteiger partial charge in [-0.25, -0.2) is 43.9 Å². The first-order chi connectivity index (χ1) is 51.5. The van der Waals surface area contributed by atoms with E-state index in [0.717, 1.165) is 92.8 Å². The minimum atomic E-state index is -0.491. The molecule has 0 bridgehead atoms. The van der Waals surface area contributed by atoms with Crippen LogP contribution in [0.2, 0.25) is 0 Å². The summed E-state index contributed by atoms with van der Waals surface area (Å²) in [7, 11) is 0. The van der Waals surface area contributed by atoms with Crippen LogP contribution in [0.1, 0.15) is 462 Å². The van der Waals surface area contributed by atoms with Crippen molar-refractivity contribution in [2.24, 2.45) is 121 Å². The Hall–Kier alpha value is -2.58. The molecule has 0 amide bonds. The number of nitrogens with zero attached hydrogens (tertiary/aromatic N) is 4. The summed E-state index contributed by atoms with van der Waals surface area (Å²) >= 11 is 0. The van der Waals surface area contributed by atoms with E-state index in [0.29, 0.717) is 98.6 Å². The Morgan fingerprint density at radius 2 is 0.450 bits per heavy atom. The summed E-state index contributed by atoms with van der Waals surface area (Å²) in [5, 5.41) is 0. The van der Waals surface area contributed by atoms with E-state index < -0.39 is 24.7 Å². The lowest BCUT2D eigenvalue weighted by molar-refractivity contribution is 0.0739. The molecule has 12 rings (SSSR count). The predicted octanol–water partition coefficient (Wildman–Crippen LogP) is 37.7. The van der Waals surface area contributed by atoms with Gasteiger partial charge in [0, 0.05) is 49.4 Å². The second-order valence-electron chi connectivity index (χ2n) is 36.9. The fourth-order valence-electron chi connectivity index (χ4n) is 10.8. The van der Waals surface area contributed by atoms with Crippen molar-refractivity contribution in [3.63, 3.8) is 0 Å². The van der Waals surface area contributed by atoms with Gasteiger partial charge in [0.1, 0.15) is 24.7 Å². The normalized spacial score (nSPS) is 30.1. The lowest BCUT2D eigenvalue weighted by Gasteiger charge is -2.43. The predicted molar refractivity (Wildman–Crippen MR) is 505 cm³/mol. The summed E-state index contributed by atoms with van der Waals surface area (Å²) in [6, 6.07) is 1.53. The number of hydrogen-bond acceptors (Lipinski definition) is 0. The van der Waals surface area contributed by atoms with Crippen LogP contribution in [0.5, 0.6) is 0 Å². The van der Waals surface area contributed by atoms with Crippen molar-refractivity contribution in [2.45, 2.75) is 511 Å². The molecule has 0 saturated heterocycles. The van der Waals surface area contributed by atoms with Gasteiger partial charge in [0.25, 0.3) is 0 Å². The molecule has 0 aliphatic heterocycles. The molecule has 16 atom stereocenters. The molecular formula is C103H212F4N4. The van der Waals surface area contributed by atoms with Crippen LogP contribution in [-0.4, -0.2) is 48.9 Å². The molecule has 672 valence electrons. The molecule has 8 heteroatoms. The molecule has 4 unspecified atom stereocenters. The van der Waals surface area contributed by atoms with Gasteiger partial charge in [-0.15, -0.1) is 0 Å². The third kappa shape index (κ3) is 78.4. The third-order valence-corrected chi connectivity index (χ3v) is 21.1. The quantitative estimate of drug-likeness (QED) is 0.141. The highest BCUT2D eigenvalue weighted by Gasteiger charge is 2.51. The lowest BCUT2D eigenvalue weighted by atomic mass is 9.62. The van der Waals surface area contributed by atoms with Crippen LogP contribution < -0.4 is 0 Å². The molecule has 0 aromatic carbocycles. The van der Waals surface area contributed by atoms with Gasteiger partial charge >= 0.3 is 0 Å². The molecule has 12 saturated carbocycles. The summed E-state index contributed by atoms with van der Waals surface area (Å²) in [6.45, 7) is 138. The molecule has 12 aliphatic rings. The van der Waals surface area contributed by atoms with Crippen LogP contribution in [0, 0.1) is 148 Å². The minimum absolute atomic E-state index is 0.208. The van der Waals surface area contributed by atoms with Gasteiger partial charge in [0.15, 0.2) is 0 Å². The number of hydrogen-bond donors (Lipinski definition) is 0. The van der Waals surface area contributed by atoms with Crippen molar-refractivity contribution in [1.29, 1.82) is 0 Å². The molecule has 12 aliphatic carbocycles. The van der Waals surface area contributed by atoms with Crippen molar-refractivity contribution in [1.82, 2.24) is 0 Å². The Balaban J connectivity index is -0.0000000943. The molecule has 4 nitrogen and oxygen atoms in total. The van der Waals surface area contributed by atoms with E-state index in [1.807, 2.05) is 187 Å². The van der Waals surface area contributed by atoms with Crippen molar-refractivity contribution in [3.05, 3.63) is 57.8 Å². The highest BCUT2D eigenvalue weighted by molar-refractivity contribution is 5.10. The molecule has 0 N–H and O–H groups in total. The van der Waals surface area contributed by atoms with E-state index in [4.69, 9.17) is 26.3 Å². The summed E-state index contributed by atoms with van der Waals surface area (Å²) in [6.07, 6.45) is 18.7. The van der Waals surface area contributed by atoms with E-state index in [2.05, 4.69) is 192 Å². The molecule has 0 aromatic heterocycles. The van der Waals surface area contributed by atoms with Crippen LogP contribution in [0.3, 0.4) is 0 Å². The first kappa shape index (κ1) is 135. The largest absolute Gasteiger partial charge is 0.313 e. The molecule has 0 radical (unpaired) electrons. The minimum Gasteiger partial charge on any atom is -0.313 e. The first-order valence-electron chi connectivity index (χ1n) is 47.2. The second kappa shape index (κ2) is 76.1. The van der Waals surface area contributed by atoms with Crippen LogP contribution in [0.15, 0.2) is 12.2 Å². The summed E-state index contributed by atoms with van der Waals surface area (Å²) in [5.41, 5.74) is 4.26. The lowest BCUT2D eigenvalue weighted by Crippen LogP contribution is -2.33. The maximum atomic E-state index is 12.3. The topological polar surface area (TPSA) is 17.4 Å². The highest BCUT2D eigenvalue weighted by atomic mass is 19.1. The summed E-state index contributed by atoms with van der Waals surface area (Å²) < 4.78 is 46.8. The standard InChI is InChI=1S/C10H20.2C9H18.C9H16.C8H13N.C7H13F.3C5H7N.3C4H7F.12C2H6/c1-5-8-6-9(7-8)10(2,3)4;3*1-7-5-8(6-7)9(2,3)4;1-8(2,3)6-5-7(6)9-4;1-7(2,3)5-4-6(5)8;3*1-4-3-5(4)6-2;3*1-3-2-4(3)5;12*1-2/h8-9H,5-7H2,1-4H3;2*7-8H,5-6H2,1-4H3;8H,1,5-6H2,2-4H3;6-7H,5H2,1-3H3;5-6H,4H2,1-3H3;3*4-5H,3H2,1H3;3*3-4H,2H2,1H3;12*1-2H3/t;;;;;;2*4-,5+;4-,5-;2*3-,4+;3-,4-;;;;;;;;;;;;/m......100100............/s1. The molecule has 0 aromatic rings. The molecule has 111 heavy (non-hydrogen) atoms. The third-order valence-electron chi connectivity index (χ3n) is 21.1. The SMILES string of the molecule is C=C1CC(C(C)(C)C)C1.CC.CC.CC.CC.CC.CC.CC.CC.CC.CC.CC.CC.CC(C)(C)C1CC1F.CC1CC(C(C)(C)C)C1.CC1CC(C(C)(C)C)C1.CCC1CC(C(C)(C)C)C1.C[C@@H]1C[C@@H]1F.C[C@H]1C[C@@H]1F.C[C@H]1C[C@H]1F.[C-]#[N+]C1CC1C(C)(C)C.[C-]#[N+][C@@H]1C[C@@H]1C.[C-]#[N+][C@H]1C[C@@H]1C.[C-]#[N+][C@H]1C[C@H]1C. The zero-order chi connectivity index (χ0) is 91.7. The van der Waals surface area contributed by atoms with E-state index in [1.165, 1.54) is 63.4 Å². The highest BCUT2D eigenvalue weighted by Crippen LogP contribution is 2.50. The van der Waals surface area contributed by atoms with E-state index in [-0.39, 0.29) is 5.41 Å². The number of alkyl halides is 4. The van der Waals surface area contributed by atoms with Crippen LogP contribution >= 0.6 is 0 Å².